The van der Waals surface area contributed by atoms with E-state index in [1.807, 2.05) is 0 Å². The predicted molar refractivity (Wildman–Crippen MR) is 115 cm³/mol. The summed E-state index contributed by atoms with van der Waals surface area (Å²) < 4.78 is 0. The summed E-state index contributed by atoms with van der Waals surface area (Å²) in [6.07, 6.45) is 0. The smallest absolute Gasteiger partial charge is 0.0402 e. The maximum atomic E-state index is 7.57. The number of rotatable bonds is 0. The van der Waals surface area contributed by atoms with E-state index in [9.17, 15) is 0 Å². The first-order valence-corrected chi connectivity index (χ1v) is 9.21. The van der Waals surface area contributed by atoms with Gasteiger partial charge in [0.2, 0.25) is 0 Å². The molecule has 0 rings (SSSR count). The molecular weight excluding hydrogens is 728 g/mol. The third-order valence-corrected chi connectivity index (χ3v) is 0. The summed E-state index contributed by atoms with van der Waals surface area (Å²) in [5.41, 5.74) is 0. The third kappa shape index (κ3) is 20500. The zero-order valence-electron chi connectivity index (χ0n) is 20.2. The van der Waals surface area contributed by atoms with E-state index in [1.165, 1.54) is 0 Å². The first-order chi connectivity index (χ1) is 12.7. The SMILES string of the molecule is CCO.CCO.CCO.CCO.CCO.CCO.CCO.CCO.CCO.[W].[W]. The van der Waals surface area contributed by atoms with Crippen molar-refractivity contribution in [2.45, 2.75) is 62.3 Å². The van der Waals surface area contributed by atoms with Crippen LogP contribution in [0.5, 0.6) is 0 Å². The second kappa shape index (κ2) is 227. The Labute approximate surface area is 209 Å². The third-order valence-electron chi connectivity index (χ3n) is 0. The largest absolute Gasteiger partial charge is 0.397 e. The van der Waals surface area contributed by atoms with Gasteiger partial charge in [-0.15, -0.1) is 0 Å². The van der Waals surface area contributed by atoms with Crippen LogP contribution in [0.4, 0.5) is 0 Å². The minimum absolute atomic E-state index is 0. The van der Waals surface area contributed by atoms with Gasteiger partial charge in [-0.1, -0.05) is 0 Å². The Hall–Kier alpha value is 1.02. The van der Waals surface area contributed by atoms with E-state index >= 15 is 0 Å². The van der Waals surface area contributed by atoms with E-state index in [2.05, 4.69) is 0 Å². The van der Waals surface area contributed by atoms with Gasteiger partial charge < -0.3 is 46.0 Å². The molecule has 0 aromatic heterocycles. The molecule has 0 atom stereocenters. The second-order valence-electron chi connectivity index (χ2n) is 2.85. The van der Waals surface area contributed by atoms with Crippen molar-refractivity contribution < 1.29 is 88.1 Å². The second-order valence-corrected chi connectivity index (χ2v) is 2.85. The fourth-order valence-electron chi connectivity index (χ4n) is 0. The molecule has 0 spiro atoms. The first kappa shape index (κ1) is 69.9. The molecule has 9 nitrogen and oxygen atoms in total. The van der Waals surface area contributed by atoms with Crippen LogP contribution in [-0.2, 0) is 42.1 Å². The van der Waals surface area contributed by atoms with E-state index in [4.69, 9.17) is 46.0 Å². The Bertz CT molecular complexity index is 63.8. The summed E-state index contributed by atoms with van der Waals surface area (Å²) in [6.45, 7) is 17.4. The number of hydrogen-bond donors (Lipinski definition) is 9. The molecular formula is C18H54O9W2. The van der Waals surface area contributed by atoms with Crippen LogP contribution >= 0.6 is 0 Å². The summed E-state index contributed by atoms with van der Waals surface area (Å²) in [5.74, 6) is 0. The van der Waals surface area contributed by atoms with Gasteiger partial charge >= 0.3 is 0 Å². The molecule has 0 aromatic carbocycles. The van der Waals surface area contributed by atoms with Crippen molar-refractivity contribution in [3.8, 4) is 0 Å². The van der Waals surface area contributed by atoms with Crippen molar-refractivity contribution in [3.63, 3.8) is 0 Å². The molecule has 9 N–H and O–H groups in total. The summed E-state index contributed by atoms with van der Waals surface area (Å²) in [6, 6.07) is 0. The van der Waals surface area contributed by atoms with Crippen molar-refractivity contribution in [1.29, 1.82) is 0 Å². The summed E-state index contributed by atoms with van der Waals surface area (Å²) in [5, 5.41) is 68.1. The van der Waals surface area contributed by atoms with Crippen LogP contribution < -0.4 is 0 Å². The molecule has 0 aliphatic carbocycles. The van der Waals surface area contributed by atoms with Crippen LogP contribution in [0.25, 0.3) is 0 Å². The fraction of sp³-hybridized carbons (Fsp3) is 1.00. The van der Waals surface area contributed by atoms with Gasteiger partial charge in [0.05, 0.1) is 0 Å². The molecule has 29 heavy (non-hydrogen) atoms. The molecule has 0 bridgehead atoms. The Morgan fingerprint density at radius 2 is 0.241 bits per heavy atom. The van der Waals surface area contributed by atoms with Gasteiger partial charge in [-0.05, 0) is 62.3 Å². The van der Waals surface area contributed by atoms with Gasteiger partial charge in [0, 0.05) is 102 Å². The Balaban J connectivity index is -0.0000000138. The standard InChI is InChI=1S/9C2H6O.2W/c9*1-2-3;;/h9*3H,2H2,1H3;;. The minimum atomic E-state index is 0. The molecule has 0 radical (unpaired) electrons. The number of aliphatic hydroxyl groups excluding tert-OH is 9. The molecule has 0 heterocycles. The van der Waals surface area contributed by atoms with Gasteiger partial charge in [-0.2, -0.15) is 0 Å². The zero-order chi connectivity index (χ0) is 24.4. The van der Waals surface area contributed by atoms with Crippen LogP contribution in [0, 0.1) is 0 Å². The zero-order valence-corrected chi connectivity index (χ0v) is 26.1. The van der Waals surface area contributed by atoms with Crippen molar-refractivity contribution in [2.75, 3.05) is 59.5 Å². The Morgan fingerprint density at radius 1 is 0.241 bits per heavy atom. The molecule has 0 saturated heterocycles. The molecule has 192 valence electrons. The van der Waals surface area contributed by atoms with Crippen molar-refractivity contribution in [3.05, 3.63) is 0 Å². The number of hydrogen-bond acceptors (Lipinski definition) is 9. The summed E-state index contributed by atoms with van der Waals surface area (Å²) in [4.78, 5) is 0. The molecule has 0 aromatic rings. The quantitative estimate of drug-likeness (QED) is 0.163. The summed E-state index contributed by atoms with van der Waals surface area (Å²) in [7, 11) is 0. The van der Waals surface area contributed by atoms with E-state index in [0.29, 0.717) is 0 Å². The first-order valence-electron chi connectivity index (χ1n) is 9.21. The average molecular weight is 782 g/mol. The van der Waals surface area contributed by atoms with Crippen molar-refractivity contribution >= 4 is 0 Å². The van der Waals surface area contributed by atoms with E-state index in [-0.39, 0.29) is 102 Å². The van der Waals surface area contributed by atoms with Gasteiger partial charge in [-0.3, -0.25) is 0 Å². The number of aliphatic hydroxyl groups is 9. The minimum Gasteiger partial charge on any atom is -0.397 e. The van der Waals surface area contributed by atoms with Crippen molar-refractivity contribution in [1.82, 2.24) is 0 Å². The van der Waals surface area contributed by atoms with Crippen LogP contribution in [0.3, 0.4) is 0 Å². The fourth-order valence-corrected chi connectivity index (χ4v) is 0. The Kier molecular flexibility index (Phi) is 547. The average Bonchev–Trinajstić information content (AvgIpc) is 2.53. The maximum absolute atomic E-state index is 7.57. The van der Waals surface area contributed by atoms with Crippen LogP contribution in [0.1, 0.15) is 62.3 Å². The molecule has 0 unspecified atom stereocenters. The molecule has 0 fully saturated rings. The molecule has 0 saturated carbocycles. The summed E-state index contributed by atoms with van der Waals surface area (Å²) >= 11 is 0. The van der Waals surface area contributed by atoms with Crippen LogP contribution in [-0.4, -0.2) is 105 Å². The molecule has 0 amide bonds. The van der Waals surface area contributed by atoms with Gasteiger partial charge in [-0.25, -0.2) is 0 Å². The van der Waals surface area contributed by atoms with E-state index < -0.39 is 0 Å². The normalized spacial score (nSPS) is 5.59. The van der Waals surface area contributed by atoms with E-state index in [0.717, 1.165) is 0 Å². The predicted octanol–water partition coefficient (Wildman–Crippen LogP) is -0.0176. The van der Waals surface area contributed by atoms with Crippen LogP contribution in [0.2, 0.25) is 0 Å². The Morgan fingerprint density at radius 3 is 0.241 bits per heavy atom. The monoisotopic (exact) mass is 782 g/mol. The molecule has 0 aliphatic heterocycles. The van der Waals surface area contributed by atoms with Crippen LogP contribution in [0.15, 0.2) is 0 Å². The van der Waals surface area contributed by atoms with Gasteiger partial charge in [0.1, 0.15) is 0 Å². The topological polar surface area (TPSA) is 182 Å². The molecule has 11 heteroatoms. The van der Waals surface area contributed by atoms with Crippen molar-refractivity contribution in [2.24, 2.45) is 0 Å². The van der Waals surface area contributed by atoms with Gasteiger partial charge in [0.15, 0.2) is 0 Å². The van der Waals surface area contributed by atoms with Gasteiger partial charge in [0.25, 0.3) is 0 Å². The maximum Gasteiger partial charge on any atom is 0.0402 e. The molecule has 0 aliphatic rings. The van der Waals surface area contributed by atoms with E-state index in [1.54, 1.807) is 62.3 Å².